The van der Waals surface area contributed by atoms with Gasteiger partial charge in [0.05, 0.1) is 13.2 Å². The van der Waals surface area contributed by atoms with Gasteiger partial charge in [-0.05, 0) is 83.7 Å². The maximum atomic E-state index is 14.5. The Hall–Kier alpha value is -2.62. The molecule has 8 rings (SSSR count). The minimum Gasteiger partial charge on any atom is -0.458 e. The van der Waals surface area contributed by atoms with Crippen LogP contribution in [0.3, 0.4) is 0 Å². The first kappa shape index (κ1) is 29.8. The highest BCUT2D eigenvalue weighted by Gasteiger charge is 2.78. The van der Waals surface area contributed by atoms with Gasteiger partial charge in [0.15, 0.2) is 11.8 Å². The lowest BCUT2D eigenvalue weighted by molar-refractivity contribution is -0.235. The highest BCUT2D eigenvalue weighted by Crippen LogP contribution is 2.63. The summed E-state index contributed by atoms with van der Waals surface area (Å²) in [6, 6.07) is 14.0. The fraction of sp³-hybridized carbons (Fsp3) is 0.545. The van der Waals surface area contributed by atoms with Crippen LogP contribution in [0.25, 0.3) is 0 Å². The fourth-order valence-corrected chi connectivity index (χ4v) is 8.53. The summed E-state index contributed by atoms with van der Waals surface area (Å²) in [7, 11) is 0. The lowest BCUT2D eigenvalue weighted by Crippen LogP contribution is -2.69. The van der Waals surface area contributed by atoms with Gasteiger partial charge in [-0.2, -0.15) is 5.06 Å². The monoisotopic (exact) mass is 729 g/mol. The molecule has 3 heterocycles. The van der Waals surface area contributed by atoms with E-state index in [0.717, 1.165) is 40.4 Å². The van der Waals surface area contributed by atoms with Crippen molar-refractivity contribution in [1.82, 2.24) is 15.7 Å². The van der Waals surface area contributed by atoms with Crippen LogP contribution >= 0.6 is 22.6 Å². The van der Waals surface area contributed by atoms with E-state index in [1.54, 1.807) is 23.3 Å². The van der Waals surface area contributed by atoms with Gasteiger partial charge >= 0.3 is 5.97 Å². The fourth-order valence-electron chi connectivity index (χ4n) is 7.92. The number of carbonyl (C=O) groups is 3. The Kier molecular flexibility index (Phi) is 7.45. The van der Waals surface area contributed by atoms with Crippen LogP contribution in [0, 0.1) is 20.8 Å². The van der Waals surface area contributed by atoms with E-state index in [9.17, 15) is 14.4 Å². The number of aliphatic hydroxyl groups excluding tert-OH is 1. The highest BCUT2D eigenvalue weighted by atomic mass is 127. The number of hydrogen-bond donors (Lipinski definition) is 3. The van der Waals surface area contributed by atoms with E-state index >= 15 is 0 Å². The number of halogens is 1. The molecule has 6 unspecified atom stereocenters. The molecule has 3 aliphatic carbocycles. The number of benzene rings is 2. The van der Waals surface area contributed by atoms with Gasteiger partial charge in [0, 0.05) is 40.5 Å². The lowest BCUT2D eigenvalue weighted by Gasteiger charge is -2.48. The summed E-state index contributed by atoms with van der Waals surface area (Å²) in [6.45, 7) is 0.443. The van der Waals surface area contributed by atoms with Crippen molar-refractivity contribution in [3.63, 3.8) is 0 Å². The van der Waals surface area contributed by atoms with E-state index in [2.05, 4.69) is 33.2 Å². The Bertz CT molecular complexity index is 1520. The van der Waals surface area contributed by atoms with Crippen LogP contribution in [-0.2, 0) is 41.7 Å². The average molecular weight is 730 g/mol. The molecule has 3 aliphatic heterocycles. The predicted molar refractivity (Wildman–Crippen MR) is 166 cm³/mol. The number of rotatable bonds is 10. The van der Waals surface area contributed by atoms with Crippen molar-refractivity contribution in [3.8, 4) is 0 Å². The molecule has 0 aromatic heterocycles. The van der Waals surface area contributed by atoms with Crippen LogP contribution in [0.15, 0.2) is 48.5 Å². The maximum Gasteiger partial charge on any atom is 0.327 e. The van der Waals surface area contributed by atoms with Crippen LogP contribution in [0.5, 0.6) is 0 Å². The standard InChI is InChI=1S/C33H36IN3O8/c34-23-6-2-4-19(14-23)17-37-27-30(40)42-24-15-32(27,31(41)36-16-18-3-1-5-20(13-18)29(39)35-11-12-38)28(45-37)26-25(24)43-33(44-26,21-7-8-21)22-9-10-22/h1-6,13-14,21-22,24-28,38H,7-12,15-17H2,(H,35,39)(H,36,41). The normalized spacial score (nSPS) is 32.9. The summed E-state index contributed by atoms with van der Waals surface area (Å²) in [5, 5.41) is 16.4. The molecule has 0 spiro atoms. The van der Waals surface area contributed by atoms with Crippen LogP contribution in [0.1, 0.15) is 53.6 Å². The molecule has 6 aliphatic rings. The van der Waals surface area contributed by atoms with Crippen molar-refractivity contribution >= 4 is 40.4 Å². The maximum absolute atomic E-state index is 14.5. The molecule has 2 amide bonds. The molecule has 0 radical (unpaired) electrons. The van der Waals surface area contributed by atoms with E-state index in [1.807, 2.05) is 30.3 Å². The Morgan fingerprint density at radius 1 is 0.978 bits per heavy atom. The number of esters is 1. The quantitative estimate of drug-likeness (QED) is 0.249. The number of hydroxylamine groups is 2. The van der Waals surface area contributed by atoms with E-state index in [0.29, 0.717) is 23.9 Å². The van der Waals surface area contributed by atoms with Crippen molar-refractivity contribution in [2.24, 2.45) is 17.3 Å². The first-order valence-electron chi connectivity index (χ1n) is 15.8. The number of nitrogens with zero attached hydrogens (tertiary/aromatic N) is 1. The first-order chi connectivity index (χ1) is 21.8. The van der Waals surface area contributed by atoms with E-state index < -0.39 is 47.6 Å². The minimum absolute atomic E-state index is 0.150. The Balaban J connectivity index is 1.11. The van der Waals surface area contributed by atoms with E-state index in [4.69, 9.17) is 24.2 Å². The van der Waals surface area contributed by atoms with Crippen molar-refractivity contribution in [2.45, 2.75) is 81.4 Å². The van der Waals surface area contributed by atoms with Gasteiger partial charge < -0.3 is 30.0 Å². The molecular weight excluding hydrogens is 693 g/mol. The molecule has 238 valence electrons. The van der Waals surface area contributed by atoms with Gasteiger partial charge in [0.2, 0.25) is 5.91 Å². The Morgan fingerprint density at radius 2 is 1.71 bits per heavy atom. The highest BCUT2D eigenvalue weighted by molar-refractivity contribution is 14.1. The van der Waals surface area contributed by atoms with Crippen LogP contribution < -0.4 is 10.6 Å². The number of amides is 2. The molecule has 3 N–H and O–H groups in total. The topological polar surface area (TPSA) is 136 Å². The second-order valence-corrected chi connectivity index (χ2v) is 14.4. The third kappa shape index (κ3) is 4.99. The van der Waals surface area contributed by atoms with Crippen LogP contribution in [-0.4, -0.2) is 77.3 Å². The van der Waals surface area contributed by atoms with E-state index in [-0.39, 0.29) is 37.9 Å². The van der Waals surface area contributed by atoms with Crippen molar-refractivity contribution in [3.05, 3.63) is 68.8 Å². The number of carbonyl (C=O) groups excluding carboxylic acids is 3. The van der Waals surface area contributed by atoms with Crippen LogP contribution in [0.2, 0.25) is 0 Å². The molecule has 2 bridgehead atoms. The molecule has 45 heavy (non-hydrogen) atoms. The van der Waals surface area contributed by atoms with Crippen LogP contribution in [0.4, 0.5) is 0 Å². The first-order valence-corrected chi connectivity index (χ1v) is 16.9. The number of aliphatic hydroxyl groups is 1. The summed E-state index contributed by atoms with van der Waals surface area (Å²) < 4.78 is 20.9. The minimum atomic E-state index is -1.26. The summed E-state index contributed by atoms with van der Waals surface area (Å²) >= 11 is 2.25. The molecule has 2 aromatic carbocycles. The molecule has 3 saturated carbocycles. The summed E-state index contributed by atoms with van der Waals surface area (Å²) in [6.07, 6.45) is 1.98. The molecular formula is C33H36IN3O8. The van der Waals surface area contributed by atoms with Crippen molar-refractivity contribution in [1.29, 1.82) is 0 Å². The van der Waals surface area contributed by atoms with Gasteiger partial charge in [-0.3, -0.25) is 19.2 Å². The van der Waals surface area contributed by atoms with Gasteiger partial charge in [-0.25, -0.2) is 0 Å². The van der Waals surface area contributed by atoms with Gasteiger partial charge in [-0.1, -0.05) is 24.3 Å². The Morgan fingerprint density at radius 3 is 2.44 bits per heavy atom. The summed E-state index contributed by atoms with van der Waals surface area (Å²) in [5.74, 6) is -1.21. The molecule has 2 aromatic rings. The van der Waals surface area contributed by atoms with Gasteiger partial charge in [-0.15, -0.1) is 0 Å². The second kappa shape index (κ2) is 11.3. The largest absolute Gasteiger partial charge is 0.458 e. The molecule has 3 saturated heterocycles. The zero-order valence-corrected chi connectivity index (χ0v) is 26.8. The van der Waals surface area contributed by atoms with Gasteiger partial charge in [0.1, 0.15) is 29.8 Å². The number of hydrogen-bond acceptors (Lipinski definition) is 9. The summed E-state index contributed by atoms with van der Waals surface area (Å²) in [4.78, 5) is 47.6. The van der Waals surface area contributed by atoms with Gasteiger partial charge in [0.25, 0.3) is 5.91 Å². The number of ether oxygens (including phenoxy) is 3. The zero-order valence-electron chi connectivity index (χ0n) is 24.7. The van der Waals surface area contributed by atoms with Crippen molar-refractivity contribution in [2.75, 3.05) is 13.2 Å². The number of fused-ring (bicyclic) bond motifs is 4. The Labute approximate surface area is 274 Å². The average Bonchev–Trinajstić information content (AvgIpc) is 3.98. The SMILES string of the molecule is O=C(NCCO)c1cccc(CNC(=O)C23CC4OC(=O)C2N(Cc2cccc(I)c2)OC3C2OC(C3CC3)(C3CC3)OC42)c1. The van der Waals surface area contributed by atoms with E-state index in [1.165, 1.54) is 0 Å². The number of nitrogens with one attached hydrogen (secondary N) is 2. The third-order valence-electron chi connectivity index (χ3n) is 10.2. The molecule has 12 heteroatoms. The molecule has 6 atom stereocenters. The lowest BCUT2D eigenvalue weighted by atomic mass is 9.62. The van der Waals surface area contributed by atoms with Crippen molar-refractivity contribution < 1.29 is 38.5 Å². The molecule has 11 nitrogen and oxygen atoms in total. The zero-order chi connectivity index (χ0) is 30.9. The second-order valence-electron chi connectivity index (χ2n) is 13.2. The summed E-state index contributed by atoms with van der Waals surface area (Å²) in [5.41, 5.74) is 0.847. The smallest absolute Gasteiger partial charge is 0.327 e. The predicted octanol–water partition coefficient (Wildman–Crippen LogP) is 2.43. The third-order valence-corrected chi connectivity index (χ3v) is 10.8. The molecule has 6 fully saturated rings.